The minimum Gasteiger partial charge on any atom is -0.245 e. The van der Waals surface area contributed by atoms with Crippen LogP contribution in [0.5, 0.6) is 0 Å². The molecule has 0 bridgehead atoms. The second kappa shape index (κ2) is 17.1. The van der Waals surface area contributed by atoms with Gasteiger partial charge in [-0.15, -0.1) is 0 Å². The highest BCUT2D eigenvalue weighted by atomic mass is 14.8. The average Bonchev–Trinajstić information content (AvgIpc) is 3.26. The predicted molar refractivity (Wildman–Crippen MR) is 286 cm³/mol. The van der Waals surface area contributed by atoms with E-state index in [2.05, 4.69) is 216 Å². The molecule has 4 heterocycles. The van der Waals surface area contributed by atoms with E-state index in [0.29, 0.717) is 0 Å². The Bertz CT molecular complexity index is 3590. The summed E-state index contributed by atoms with van der Waals surface area (Å²) >= 11 is 0. The fourth-order valence-electron chi connectivity index (χ4n) is 11.0. The van der Waals surface area contributed by atoms with Crippen LogP contribution in [-0.4, -0.2) is 19.9 Å². The fourth-order valence-corrected chi connectivity index (χ4v) is 11.0. The van der Waals surface area contributed by atoms with E-state index in [0.717, 1.165) is 111 Å². The lowest BCUT2D eigenvalue weighted by Crippen LogP contribution is -1.99. The number of hydrogen-bond donors (Lipinski definition) is 0. The number of pyridine rings is 4. The number of nitrogens with zero attached hydrogens (tertiary/aromatic N) is 4. The molecule has 10 aromatic rings. The van der Waals surface area contributed by atoms with Gasteiger partial charge in [0.2, 0.25) is 0 Å². The molecule has 0 saturated heterocycles. The first-order chi connectivity index (χ1) is 32.6. The van der Waals surface area contributed by atoms with Crippen LogP contribution in [-0.2, 0) is 0 Å². The Balaban J connectivity index is 1.15. The first-order valence-corrected chi connectivity index (χ1v) is 23.5. The molecule has 6 aromatic carbocycles. The molecule has 4 heteroatoms. The summed E-state index contributed by atoms with van der Waals surface area (Å²) < 4.78 is 0. The van der Waals surface area contributed by atoms with E-state index in [-0.39, 0.29) is 0 Å². The summed E-state index contributed by atoms with van der Waals surface area (Å²) in [6.45, 7) is 25.9. The van der Waals surface area contributed by atoms with E-state index in [1.165, 1.54) is 55.6 Å². The molecular formula is C64H54N4. The Kier molecular flexibility index (Phi) is 11.0. The highest BCUT2D eigenvalue weighted by Crippen LogP contribution is 2.38. The molecule has 68 heavy (non-hydrogen) atoms. The zero-order valence-corrected chi connectivity index (χ0v) is 41.2. The van der Waals surface area contributed by atoms with Gasteiger partial charge in [0.05, 0.1) is 56.0 Å². The van der Waals surface area contributed by atoms with Gasteiger partial charge >= 0.3 is 0 Å². The zero-order chi connectivity index (χ0) is 47.7. The van der Waals surface area contributed by atoms with Crippen molar-refractivity contribution >= 4 is 43.6 Å². The third-order valence-corrected chi connectivity index (χ3v) is 13.4. The van der Waals surface area contributed by atoms with Crippen molar-refractivity contribution in [2.45, 2.75) is 83.1 Å². The van der Waals surface area contributed by atoms with Crippen LogP contribution in [0.1, 0.15) is 77.9 Å². The molecule has 0 aliphatic heterocycles. The van der Waals surface area contributed by atoms with E-state index in [9.17, 15) is 0 Å². The number of fused-ring (bicyclic) bond motifs is 6. The minimum atomic E-state index is 0.817. The summed E-state index contributed by atoms with van der Waals surface area (Å²) in [7, 11) is 0. The van der Waals surface area contributed by atoms with Gasteiger partial charge in [0.15, 0.2) is 0 Å². The van der Waals surface area contributed by atoms with Crippen molar-refractivity contribution in [2.75, 3.05) is 0 Å². The van der Waals surface area contributed by atoms with E-state index in [4.69, 9.17) is 19.9 Å². The summed E-state index contributed by atoms with van der Waals surface area (Å²) in [5, 5.41) is 4.05. The van der Waals surface area contributed by atoms with Crippen LogP contribution < -0.4 is 0 Å². The predicted octanol–water partition coefficient (Wildman–Crippen LogP) is 15.7. The van der Waals surface area contributed by atoms with Crippen molar-refractivity contribution in [3.63, 3.8) is 0 Å². The third-order valence-electron chi connectivity index (χ3n) is 13.4. The molecule has 0 unspecified atom stereocenters. The van der Waals surface area contributed by atoms with Crippen molar-refractivity contribution in [1.29, 1.82) is 0 Å². The monoisotopic (exact) mass is 878 g/mol. The smallest absolute Gasteiger partial charge is 0.0973 e. The SMILES string of the molecule is Cc1cc(C)c(-c2ccc3ccc4cc(C#CC#Cc5cc6ccc7ccc(-c8c(C)cc(C)cc8C)nc7c6nc5-c5c(C)cc(C)cc5C)c(-c5c(C)cc(C)cc5C)nc4c3n2)c(C)c1. The Hall–Kier alpha value is -7.92. The van der Waals surface area contributed by atoms with Gasteiger partial charge in [-0.1, -0.05) is 119 Å². The lowest BCUT2D eigenvalue weighted by atomic mass is 9.93. The molecule has 0 aliphatic carbocycles. The van der Waals surface area contributed by atoms with Gasteiger partial charge in [0.25, 0.3) is 0 Å². The van der Waals surface area contributed by atoms with E-state index in [1.54, 1.807) is 0 Å². The van der Waals surface area contributed by atoms with Gasteiger partial charge in [-0.3, -0.25) is 0 Å². The van der Waals surface area contributed by atoms with Crippen LogP contribution in [0.15, 0.2) is 109 Å². The standard InChI is InChI=1S/C64H54N4/c1-35-25-39(5)55(40(6)26-35)53-23-21-47-17-19-51-33-49(59(67-63(51)61(47)65-53)57-43(9)29-37(3)30-44(57)10)15-13-14-16-50-34-52-20-18-48-22-24-54(56-41(7)27-36(2)28-42(56)8)66-62(48)64(52)68-60(50)58-45(11)31-38(4)32-46(58)12/h17-34H,1-12H3. The molecule has 0 fully saturated rings. The lowest BCUT2D eigenvalue weighted by Gasteiger charge is -2.15. The molecular weight excluding hydrogens is 825 g/mol. The topological polar surface area (TPSA) is 51.6 Å². The Morgan fingerprint density at radius 2 is 0.544 bits per heavy atom. The molecule has 0 radical (unpaired) electrons. The van der Waals surface area contributed by atoms with Crippen molar-refractivity contribution in [2.24, 2.45) is 0 Å². The Morgan fingerprint density at radius 3 is 0.868 bits per heavy atom. The second-order valence-corrected chi connectivity index (χ2v) is 19.2. The van der Waals surface area contributed by atoms with E-state index in [1.807, 2.05) is 0 Å². The second-order valence-electron chi connectivity index (χ2n) is 19.2. The van der Waals surface area contributed by atoms with E-state index >= 15 is 0 Å². The van der Waals surface area contributed by atoms with Gasteiger partial charge < -0.3 is 0 Å². The van der Waals surface area contributed by atoms with Crippen LogP contribution in [0.2, 0.25) is 0 Å². The molecule has 0 spiro atoms. The summed E-state index contributed by atoms with van der Waals surface area (Å²) in [5.74, 6) is 13.6. The van der Waals surface area contributed by atoms with Crippen molar-refractivity contribution < 1.29 is 0 Å². The summed E-state index contributed by atoms with van der Waals surface area (Å²) in [6.07, 6.45) is 0. The number of aryl methyl sites for hydroxylation is 12. The molecule has 330 valence electrons. The Labute approximate surface area is 400 Å². The van der Waals surface area contributed by atoms with Crippen LogP contribution in [0.3, 0.4) is 0 Å². The van der Waals surface area contributed by atoms with Gasteiger partial charge in [0.1, 0.15) is 0 Å². The maximum atomic E-state index is 5.50. The number of hydrogen-bond acceptors (Lipinski definition) is 4. The third kappa shape index (κ3) is 7.87. The molecule has 0 saturated carbocycles. The molecule has 0 atom stereocenters. The van der Waals surface area contributed by atoms with Crippen molar-refractivity contribution in [3.8, 4) is 68.7 Å². The highest BCUT2D eigenvalue weighted by Gasteiger charge is 2.19. The number of rotatable bonds is 4. The number of benzene rings is 6. The van der Waals surface area contributed by atoms with Gasteiger partial charge in [-0.25, -0.2) is 19.9 Å². The maximum absolute atomic E-state index is 5.50. The summed E-state index contributed by atoms with van der Waals surface area (Å²) in [6, 6.07) is 39.3. The summed E-state index contributed by atoms with van der Waals surface area (Å²) in [5.41, 5.74) is 27.5. The van der Waals surface area contributed by atoms with Crippen LogP contribution in [0, 0.1) is 107 Å². The molecule has 0 aliphatic rings. The van der Waals surface area contributed by atoms with Gasteiger partial charge in [-0.05, 0) is 164 Å². The highest BCUT2D eigenvalue weighted by molar-refractivity contribution is 6.06. The minimum absolute atomic E-state index is 0.817. The molecule has 4 nitrogen and oxygen atoms in total. The van der Waals surface area contributed by atoms with Gasteiger partial charge in [-0.2, -0.15) is 0 Å². The van der Waals surface area contributed by atoms with Gasteiger partial charge in [0, 0.05) is 43.8 Å². The Morgan fingerprint density at radius 1 is 0.279 bits per heavy atom. The fraction of sp³-hybridized carbons (Fsp3) is 0.188. The number of aromatic nitrogens is 4. The largest absolute Gasteiger partial charge is 0.245 e. The van der Waals surface area contributed by atoms with Crippen LogP contribution in [0.4, 0.5) is 0 Å². The lowest BCUT2D eigenvalue weighted by molar-refractivity contribution is 1.27. The average molecular weight is 879 g/mol. The van der Waals surface area contributed by atoms with Crippen LogP contribution in [0.25, 0.3) is 88.6 Å². The van der Waals surface area contributed by atoms with Crippen molar-refractivity contribution in [3.05, 3.63) is 187 Å². The molecule has 10 rings (SSSR count). The van der Waals surface area contributed by atoms with Crippen LogP contribution >= 0.6 is 0 Å². The van der Waals surface area contributed by atoms with E-state index < -0.39 is 0 Å². The maximum Gasteiger partial charge on any atom is 0.0973 e. The van der Waals surface area contributed by atoms with Crippen molar-refractivity contribution in [1.82, 2.24) is 19.9 Å². The molecule has 0 amide bonds. The summed E-state index contributed by atoms with van der Waals surface area (Å²) in [4.78, 5) is 21.7. The first-order valence-electron chi connectivity index (χ1n) is 23.5. The normalized spacial score (nSPS) is 11.3. The molecule has 4 aromatic heterocycles. The zero-order valence-electron chi connectivity index (χ0n) is 41.2. The molecule has 0 N–H and O–H groups in total. The quantitative estimate of drug-likeness (QED) is 0.131. The first kappa shape index (κ1) is 43.9.